The Morgan fingerprint density at radius 3 is 2.23 bits per heavy atom. The number of imidazole rings is 1. The number of hydrogen-bond donors (Lipinski definition) is 0. The van der Waals surface area contributed by atoms with E-state index in [4.69, 9.17) is 4.74 Å². The summed E-state index contributed by atoms with van der Waals surface area (Å²) in [6.45, 7) is 9.22. The molecule has 3 rings (SSSR count). The van der Waals surface area contributed by atoms with Crippen LogP contribution < -0.4 is 0 Å². The Kier molecular flexibility index (Phi) is 6.50. The molecular formula is C21H26BrFN4O3. The van der Waals surface area contributed by atoms with Gasteiger partial charge in [0.2, 0.25) is 5.91 Å². The van der Waals surface area contributed by atoms with E-state index in [1.54, 1.807) is 26.5 Å². The molecule has 162 valence electrons. The Morgan fingerprint density at radius 2 is 1.67 bits per heavy atom. The lowest BCUT2D eigenvalue weighted by Gasteiger charge is -2.35. The maximum absolute atomic E-state index is 13.2. The molecule has 2 heterocycles. The fourth-order valence-corrected chi connectivity index (χ4v) is 3.91. The lowest BCUT2D eigenvalue weighted by molar-refractivity contribution is -0.133. The molecule has 0 saturated carbocycles. The molecule has 1 saturated heterocycles. The molecule has 0 spiro atoms. The summed E-state index contributed by atoms with van der Waals surface area (Å²) in [7, 11) is 0. The number of aromatic nitrogens is 2. The second-order valence-corrected chi connectivity index (χ2v) is 8.99. The van der Waals surface area contributed by atoms with E-state index in [1.165, 1.54) is 12.1 Å². The number of nitrogens with zero attached hydrogens (tertiary/aromatic N) is 4. The summed E-state index contributed by atoms with van der Waals surface area (Å²) in [6, 6.07) is 6.07. The average molecular weight is 481 g/mol. The minimum absolute atomic E-state index is 0.0503. The summed E-state index contributed by atoms with van der Waals surface area (Å²) in [6.07, 6.45) is -0.355. The summed E-state index contributed by atoms with van der Waals surface area (Å²) >= 11 is 3.53. The van der Waals surface area contributed by atoms with E-state index in [1.807, 2.05) is 27.7 Å². The van der Waals surface area contributed by atoms with Gasteiger partial charge in [-0.1, -0.05) is 0 Å². The van der Waals surface area contributed by atoms with Gasteiger partial charge in [-0.3, -0.25) is 4.79 Å². The maximum Gasteiger partial charge on any atom is 0.410 e. The lowest BCUT2D eigenvalue weighted by atomic mass is 10.2. The van der Waals surface area contributed by atoms with Crippen LogP contribution in [0.4, 0.5) is 9.18 Å². The van der Waals surface area contributed by atoms with Crippen LogP contribution in [0.5, 0.6) is 0 Å². The van der Waals surface area contributed by atoms with Crippen molar-refractivity contribution >= 4 is 27.9 Å². The molecule has 0 unspecified atom stereocenters. The molecule has 9 heteroatoms. The van der Waals surface area contributed by atoms with Crippen molar-refractivity contribution in [1.82, 2.24) is 19.4 Å². The standard InChI is InChI=1S/C21H26BrFN4O3/c1-14-24-18(15-5-7-16(23)8-6-15)19(22)27(14)13-17(28)25-9-11-26(12-10-25)20(29)30-21(2,3)4/h5-8H,9-13H2,1-4H3. The highest BCUT2D eigenvalue weighted by atomic mass is 79.9. The van der Waals surface area contributed by atoms with Crippen molar-refractivity contribution in [3.8, 4) is 11.3 Å². The van der Waals surface area contributed by atoms with Crippen LogP contribution in [0.15, 0.2) is 28.9 Å². The van der Waals surface area contributed by atoms with E-state index < -0.39 is 5.60 Å². The first-order chi connectivity index (χ1) is 14.0. The number of aryl methyl sites for hydroxylation is 1. The number of carbonyl (C=O) groups is 2. The number of piperazine rings is 1. The van der Waals surface area contributed by atoms with Crippen LogP contribution in [0, 0.1) is 12.7 Å². The summed E-state index contributed by atoms with van der Waals surface area (Å²) in [5.74, 6) is 0.319. The van der Waals surface area contributed by atoms with Crippen LogP contribution in [-0.4, -0.2) is 63.1 Å². The van der Waals surface area contributed by atoms with Crippen LogP contribution >= 0.6 is 15.9 Å². The second kappa shape index (κ2) is 8.75. The quantitative estimate of drug-likeness (QED) is 0.669. The highest BCUT2D eigenvalue weighted by Gasteiger charge is 2.28. The molecule has 1 aromatic carbocycles. The molecule has 0 bridgehead atoms. The maximum atomic E-state index is 13.2. The number of rotatable bonds is 3. The van der Waals surface area contributed by atoms with Gasteiger partial charge in [0.05, 0.1) is 0 Å². The van der Waals surface area contributed by atoms with Gasteiger partial charge in [0.1, 0.15) is 34.1 Å². The third kappa shape index (κ3) is 5.19. The zero-order chi connectivity index (χ0) is 22.1. The van der Waals surface area contributed by atoms with Crippen LogP contribution in [0.2, 0.25) is 0 Å². The Morgan fingerprint density at radius 1 is 1.10 bits per heavy atom. The highest BCUT2D eigenvalue weighted by molar-refractivity contribution is 9.10. The summed E-state index contributed by atoms with van der Waals surface area (Å²) < 4.78 is 21.1. The van der Waals surface area contributed by atoms with Gasteiger partial charge >= 0.3 is 6.09 Å². The zero-order valence-corrected chi connectivity index (χ0v) is 19.2. The van der Waals surface area contributed by atoms with Crippen molar-refractivity contribution in [1.29, 1.82) is 0 Å². The van der Waals surface area contributed by atoms with Crippen LogP contribution in [0.25, 0.3) is 11.3 Å². The van der Waals surface area contributed by atoms with Gasteiger partial charge in [-0.25, -0.2) is 14.2 Å². The largest absolute Gasteiger partial charge is 0.444 e. The van der Waals surface area contributed by atoms with Crippen LogP contribution in [0.3, 0.4) is 0 Å². The molecule has 1 fully saturated rings. The number of amides is 2. The topological polar surface area (TPSA) is 67.7 Å². The van der Waals surface area contributed by atoms with E-state index in [0.717, 1.165) is 5.56 Å². The number of carbonyl (C=O) groups excluding carboxylic acids is 2. The molecule has 0 N–H and O–H groups in total. The van der Waals surface area contributed by atoms with E-state index in [-0.39, 0.29) is 24.4 Å². The predicted octanol–water partition coefficient (Wildman–Crippen LogP) is 3.84. The van der Waals surface area contributed by atoms with E-state index in [0.29, 0.717) is 42.3 Å². The number of benzene rings is 1. The van der Waals surface area contributed by atoms with Crippen molar-refractivity contribution in [3.05, 3.63) is 40.5 Å². The molecule has 0 radical (unpaired) electrons. The molecular weight excluding hydrogens is 455 g/mol. The third-order valence-corrected chi connectivity index (χ3v) is 5.60. The minimum atomic E-state index is -0.544. The molecule has 7 nitrogen and oxygen atoms in total. The van der Waals surface area contributed by atoms with Crippen LogP contribution in [0.1, 0.15) is 26.6 Å². The van der Waals surface area contributed by atoms with Gasteiger partial charge in [0, 0.05) is 31.7 Å². The Hall–Kier alpha value is -2.42. The first kappa shape index (κ1) is 22.3. The van der Waals surface area contributed by atoms with Gasteiger partial charge < -0.3 is 19.1 Å². The second-order valence-electron chi connectivity index (χ2n) is 8.24. The van der Waals surface area contributed by atoms with Crippen molar-refractivity contribution in [3.63, 3.8) is 0 Å². The molecule has 1 aliphatic rings. The molecule has 0 atom stereocenters. The SMILES string of the molecule is Cc1nc(-c2ccc(F)cc2)c(Br)n1CC(=O)N1CCN(C(=O)OC(C)(C)C)CC1. The van der Waals surface area contributed by atoms with Crippen molar-refractivity contribution < 1.29 is 18.7 Å². The van der Waals surface area contributed by atoms with Gasteiger partial charge in [-0.05, 0) is 67.9 Å². The zero-order valence-electron chi connectivity index (χ0n) is 17.6. The summed E-state index contributed by atoms with van der Waals surface area (Å²) in [5.41, 5.74) is 0.885. The minimum Gasteiger partial charge on any atom is -0.444 e. The van der Waals surface area contributed by atoms with Crippen molar-refractivity contribution in [2.75, 3.05) is 26.2 Å². The Labute approximate surface area is 183 Å². The Bertz CT molecular complexity index is 929. The fraction of sp³-hybridized carbons (Fsp3) is 0.476. The lowest BCUT2D eigenvalue weighted by Crippen LogP contribution is -2.52. The van der Waals surface area contributed by atoms with Gasteiger partial charge in [-0.15, -0.1) is 0 Å². The predicted molar refractivity (Wildman–Crippen MR) is 114 cm³/mol. The van der Waals surface area contributed by atoms with Gasteiger partial charge in [0.15, 0.2) is 0 Å². The molecule has 0 aliphatic carbocycles. The highest BCUT2D eigenvalue weighted by Crippen LogP contribution is 2.29. The monoisotopic (exact) mass is 480 g/mol. The first-order valence-corrected chi connectivity index (χ1v) is 10.6. The number of halogens is 2. The molecule has 1 aliphatic heterocycles. The molecule has 30 heavy (non-hydrogen) atoms. The summed E-state index contributed by atoms with van der Waals surface area (Å²) in [4.78, 5) is 32.9. The third-order valence-electron chi connectivity index (χ3n) is 4.79. The summed E-state index contributed by atoms with van der Waals surface area (Å²) in [5, 5.41) is 0. The van der Waals surface area contributed by atoms with E-state index in [9.17, 15) is 14.0 Å². The van der Waals surface area contributed by atoms with Gasteiger partial charge in [-0.2, -0.15) is 0 Å². The number of ether oxygens (including phenoxy) is 1. The molecule has 1 aromatic heterocycles. The smallest absolute Gasteiger partial charge is 0.410 e. The fourth-order valence-electron chi connectivity index (χ4n) is 3.21. The van der Waals surface area contributed by atoms with Crippen LogP contribution in [-0.2, 0) is 16.1 Å². The van der Waals surface area contributed by atoms with Gasteiger partial charge in [0.25, 0.3) is 0 Å². The molecule has 2 amide bonds. The average Bonchev–Trinajstić information content (AvgIpc) is 2.95. The van der Waals surface area contributed by atoms with Crippen molar-refractivity contribution in [2.24, 2.45) is 0 Å². The normalized spacial score (nSPS) is 14.7. The molecule has 2 aromatic rings. The first-order valence-electron chi connectivity index (χ1n) is 9.79. The number of hydrogen-bond acceptors (Lipinski definition) is 4. The Balaban J connectivity index is 1.63. The van der Waals surface area contributed by atoms with Crippen molar-refractivity contribution in [2.45, 2.75) is 39.8 Å². The van der Waals surface area contributed by atoms with E-state index in [2.05, 4.69) is 20.9 Å². The van der Waals surface area contributed by atoms with E-state index >= 15 is 0 Å².